The average Bonchev–Trinajstić information content (AvgIpc) is 3.23. The van der Waals surface area contributed by atoms with E-state index in [9.17, 15) is 14.4 Å². The van der Waals surface area contributed by atoms with Crippen LogP contribution in [0.3, 0.4) is 0 Å². The third kappa shape index (κ3) is 3.28. The Kier molecular flexibility index (Phi) is 5.20. The minimum absolute atomic E-state index is 0.176. The van der Waals surface area contributed by atoms with Crippen molar-refractivity contribution >= 4 is 70.1 Å². The molecule has 0 aliphatic carbocycles. The summed E-state index contributed by atoms with van der Waals surface area (Å²) in [6, 6.07) is 9.65. The first kappa shape index (κ1) is 21.0. The number of nitrogens with one attached hydrogen (secondary N) is 1. The van der Waals surface area contributed by atoms with Crippen LogP contribution < -0.4 is 10.2 Å². The Balaban J connectivity index is 1.52. The van der Waals surface area contributed by atoms with Gasteiger partial charge in [0.25, 0.3) is 0 Å². The largest absolute Gasteiger partial charge is 0.324 e. The number of allylic oxidation sites excluding steroid dienone is 1. The molecular formula is C22H15Cl3N4O3. The van der Waals surface area contributed by atoms with Crippen molar-refractivity contribution in [3.63, 3.8) is 0 Å². The van der Waals surface area contributed by atoms with Gasteiger partial charge in [0.15, 0.2) is 0 Å². The van der Waals surface area contributed by atoms with E-state index in [0.29, 0.717) is 15.7 Å². The summed E-state index contributed by atoms with van der Waals surface area (Å²) in [7, 11) is 0. The van der Waals surface area contributed by atoms with E-state index in [1.165, 1.54) is 23.4 Å². The number of nitrogens with zero attached hydrogens (tertiary/aromatic N) is 3. The molecule has 32 heavy (non-hydrogen) atoms. The van der Waals surface area contributed by atoms with Crippen LogP contribution in [-0.2, 0) is 14.4 Å². The van der Waals surface area contributed by atoms with Gasteiger partial charge in [-0.3, -0.25) is 19.4 Å². The van der Waals surface area contributed by atoms with Gasteiger partial charge in [0.1, 0.15) is 6.04 Å². The maximum absolute atomic E-state index is 13.5. The zero-order valence-electron chi connectivity index (χ0n) is 16.3. The summed E-state index contributed by atoms with van der Waals surface area (Å²) in [4.78, 5) is 41.3. The van der Waals surface area contributed by atoms with E-state index < -0.39 is 41.6 Å². The molecule has 0 radical (unpaired) electrons. The molecule has 0 aromatic heterocycles. The molecular weight excluding hydrogens is 475 g/mol. The third-order valence-corrected chi connectivity index (χ3v) is 6.61. The fraction of sp³-hybridized carbons (Fsp3) is 0.182. The van der Waals surface area contributed by atoms with E-state index in [0.717, 1.165) is 4.90 Å². The van der Waals surface area contributed by atoms with E-state index in [1.807, 2.05) is 0 Å². The van der Waals surface area contributed by atoms with Crippen LogP contribution in [0.15, 0.2) is 59.7 Å². The molecule has 3 aliphatic heterocycles. The van der Waals surface area contributed by atoms with Crippen LogP contribution in [0.2, 0.25) is 15.1 Å². The molecule has 0 unspecified atom stereocenters. The lowest BCUT2D eigenvalue weighted by Gasteiger charge is -2.30. The average molecular weight is 490 g/mol. The molecule has 1 N–H and O–H groups in total. The molecule has 5 rings (SSSR count). The van der Waals surface area contributed by atoms with Gasteiger partial charge >= 0.3 is 0 Å². The highest BCUT2D eigenvalue weighted by Crippen LogP contribution is 2.46. The number of rotatable bonds is 3. The lowest BCUT2D eigenvalue weighted by molar-refractivity contribution is -0.129. The van der Waals surface area contributed by atoms with E-state index >= 15 is 0 Å². The van der Waals surface area contributed by atoms with Gasteiger partial charge in [-0.25, -0.2) is 4.90 Å². The van der Waals surface area contributed by atoms with Gasteiger partial charge in [0.2, 0.25) is 17.7 Å². The predicted molar refractivity (Wildman–Crippen MR) is 123 cm³/mol. The van der Waals surface area contributed by atoms with E-state index in [4.69, 9.17) is 34.8 Å². The monoisotopic (exact) mass is 488 g/mol. The van der Waals surface area contributed by atoms with Crippen LogP contribution in [0.25, 0.3) is 0 Å². The number of amides is 3. The van der Waals surface area contributed by atoms with Crippen LogP contribution in [0.1, 0.15) is 0 Å². The molecule has 0 saturated carbocycles. The molecule has 2 aromatic carbocycles. The van der Waals surface area contributed by atoms with Crippen LogP contribution >= 0.6 is 34.8 Å². The zero-order valence-corrected chi connectivity index (χ0v) is 18.6. The van der Waals surface area contributed by atoms with Gasteiger partial charge in [-0.2, -0.15) is 5.10 Å². The SMILES string of the molecule is O=C(Nc1ccc(Cl)cc1)[C@H]1[C@H]2C(=O)N(c3ccc(Cl)cc3Cl)C(=O)[C@H]2[C@@H]2C=CC=NN21. The summed E-state index contributed by atoms with van der Waals surface area (Å²) in [6.45, 7) is 0. The number of hydrazone groups is 1. The second-order valence-electron chi connectivity index (χ2n) is 7.62. The molecule has 162 valence electrons. The summed E-state index contributed by atoms with van der Waals surface area (Å²) in [6.07, 6.45) is 5.01. The Hall–Kier alpha value is -2.87. The first-order chi connectivity index (χ1) is 15.4. The molecule has 3 amide bonds. The van der Waals surface area contributed by atoms with Crippen molar-refractivity contribution in [3.05, 3.63) is 69.7 Å². The Morgan fingerprint density at radius 1 is 0.938 bits per heavy atom. The first-order valence-electron chi connectivity index (χ1n) is 9.75. The number of imide groups is 1. The quantitative estimate of drug-likeness (QED) is 0.661. The summed E-state index contributed by atoms with van der Waals surface area (Å²) in [5.41, 5.74) is 0.762. The predicted octanol–water partition coefficient (Wildman–Crippen LogP) is 4.00. The zero-order chi connectivity index (χ0) is 22.6. The van der Waals surface area contributed by atoms with Crippen molar-refractivity contribution in [2.45, 2.75) is 12.1 Å². The molecule has 2 saturated heterocycles. The van der Waals surface area contributed by atoms with Gasteiger partial charge in [-0.15, -0.1) is 0 Å². The lowest BCUT2D eigenvalue weighted by atomic mass is 9.88. The molecule has 2 aromatic rings. The van der Waals surface area contributed by atoms with Gasteiger partial charge in [0.05, 0.1) is 28.6 Å². The van der Waals surface area contributed by atoms with Gasteiger partial charge < -0.3 is 5.32 Å². The number of carbonyl (C=O) groups excluding carboxylic acids is 3. The number of halogens is 3. The van der Waals surface area contributed by atoms with Gasteiger partial charge in [-0.05, 0) is 48.5 Å². The Morgan fingerprint density at radius 3 is 2.34 bits per heavy atom. The Labute approximate surface area is 198 Å². The minimum atomic E-state index is -0.977. The van der Waals surface area contributed by atoms with E-state index in [-0.39, 0.29) is 10.7 Å². The van der Waals surface area contributed by atoms with Crippen molar-refractivity contribution in [2.24, 2.45) is 16.9 Å². The number of fused-ring (bicyclic) bond motifs is 3. The summed E-state index contributed by atoms with van der Waals surface area (Å²) in [5, 5.41) is 9.72. The second kappa shape index (κ2) is 7.92. The fourth-order valence-electron chi connectivity index (χ4n) is 4.49. The van der Waals surface area contributed by atoms with E-state index in [1.54, 1.807) is 42.5 Å². The van der Waals surface area contributed by atoms with Crippen molar-refractivity contribution in [1.29, 1.82) is 0 Å². The molecule has 3 heterocycles. The maximum Gasteiger partial charge on any atom is 0.249 e. The molecule has 4 atom stereocenters. The van der Waals surface area contributed by atoms with Crippen molar-refractivity contribution in [1.82, 2.24) is 5.01 Å². The van der Waals surface area contributed by atoms with Crippen molar-refractivity contribution in [3.8, 4) is 0 Å². The van der Waals surface area contributed by atoms with Crippen LogP contribution in [0.5, 0.6) is 0 Å². The molecule has 0 bridgehead atoms. The number of carbonyl (C=O) groups is 3. The Morgan fingerprint density at radius 2 is 1.62 bits per heavy atom. The molecule has 10 heteroatoms. The standard InChI is InChI=1S/C22H15Cl3N4O3/c23-11-3-6-13(7-4-11)27-20(30)19-18-17(16-2-1-9-26-29(16)19)21(31)28(22(18)32)15-8-5-12(24)10-14(15)25/h1-10,16-19H,(H,27,30)/t16-,17-,18-,19+/m0/s1. The number of hydrogen-bond donors (Lipinski definition) is 1. The van der Waals surface area contributed by atoms with Gasteiger partial charge in [0, 0.05) is 21.9 Å². The topological polar surface area (TPSA) is 82.1 Å². The van der Waals surface area contributed by atoms with Crippen LogP contribution in [0.4, 0.5) is 11.4 Å². The van der Waals surface area contributed by atoms with E-state index in [2.05, 4.69) is 10.4 Å². The molecule has 2 fully saturated rings. The Bertz CT molecular complexity index is 1200. The summed E-state index contributed by atoms with van der Waals surface area (Å²) in [5.74, 6) is -3.07. The highest BCUT2D eigenvalue weighted by Gasteiger charge is 2.64. The number of anilines is 2. The first-order valence-corrected chi connectivity index (χ1v) is 10.9. The highest BCUT2D eigenvalue weighted by atomic mass is 35.5. The second-order valence-corrected chi connectivity index (χ2v) is 8.90. The molecule has 0 spiro atoms. The third-order valence-electron chi connectivity index (χ3n) is 5.82. The number of benzene rings is 2. The lowest BCUT2D eigenvalue weighted by Crippen LogP contribution is -2.47. The van der Waals surface area contributed by atoms with Gasteiger partial charge in [-0.1, -0.05) is 40.9 Å². The normalized spacial score (nSPS) is 25.8. The van der Waals surface area contributed by atoms with Crippen LogP contribution in [-0.4, -0.2) is 41.0 Å². The van der Waals surface area contributed by atoms with Crippen LogP contribution in [0, 0.1) is 11.8 Å². The summed E-state index contributed by atoms with van der Waals surface area (Å²) < 4.78 is 0. The molecule has 7 nitrogen and oxygen atoms in total. The fourth-order valence-corrected chi connectivity index (χ4v) is 5.11. The minimum Gasteiger partial charge on any atom is -0.324 e. The van der Waals surface area contributed by atoms with Crippen molar-refractivity contribution < 1.29 is 14.4 Å². The highest BCUT2D eigenvalue weighted by molar-refractivity contribution is 6.38. The summed E-state index contributed by atoms with van der Waals surface area (Å²) >= 11 is 18.2. The molecule has 3 aliphatic rings. The number of hydrogen-bond acceptors (Lipinski definition) is 5. The maximum atomic E-state index is 13.5. The van der Waals surface area contributed by atoms with Crippen molar-refractivity contribution in [2.75, 3.05) is 10.2 Å². The smallest absolute Gasteiger partial charge is 0.249 e.